The predicted octanol–water partition coefficient (Wildman–Crippen LogP) is 2.93. The summed E-state index contributed by atoms with van der Waals surface area (Å²) in [7, 11) is 0. The number of anilines is 1. The lowest BCUT2D eigenvalue weighted by atomic mass is 10.1. The zero-order chi connectivity index (χ0) is 14.6. The summed E-state index contributed by atoms with van der Waals surface area (Å²) >= 11 is 0. The van der Waals surface area contributed by atoms with Crippen molar-refractivity contribution in [1.82, 2.24) is 5.32 Å². The molecule has 2 N–H and O–H groups in total. The first-order valence-electron chi connectivity index (χ1n) is 6.00. The molecule has 0 atom stereocenters. The lowest BCUT2D eigenvalue weighted by Gasteiger charge is -2.10. The zero-order valence-electron chi connectivity index (χ0n) is 10.5. The number of carbonyl (C=O) groups is 1. The Labute approximate surface area is 113 Å². The fraction of sp³-hybridized carbons (Fsp3) is 0.214. The minimum atomic E-state index is -4.39. The van der Waals surface area contributed by atoms with Gasteiger partial charge in [-0.2, -0.15) is 13.2 Å². The van der Waals surface area contributed by atoms with Gasteiger partial charge in [-0.05, 0) is 22.9 Å². The molecule has 2 aromatic carbocycles. The van der Waals surface area contributed by atoms with Crippen molar-refractivity contribution in [1.29, 1.82) is 0 Å². The monoisotopic (exact) mass is 282 g/mol. The van der Waals surface area contributed by atoms with Gasteiger partial charge >= 0.3 is 6.18 Å². The van der Waals surface area contributed by atoms with Crippen LogP contribution in [-0.2, 0) is 4.79 Å². The summed E-state index contributed by atoms with van der Waals surface area (Å²) in [6, 6.07) is 13.2. The van der Waals surface area contributed by atoms with E-state index in [1.165, 1.54) is 0 Å². The average Bonchev–Trinajstić information content (AvgIpc) is 2.42. The minimum absolute atomic E-state index is 0.200. The summed E-state index contributed by atoms with van der Waals surface area (Å²) in [4.78, 5) is 11.3. The Balaban J connectivity index is 1.90. The third-order valence-corrected chi connectivity index (χ3v) is 2.69. The van der Waals surface area contributed by atoms with E-state index in [0.29, 0.717) is 5.69 Å². The van der Waals surface area contributed by atoms with Crippen molar-refractivity contribution in [3.05, 3.63) is 42.5 Å². The number of alkyl halides is 3. The Morgan fingerprint density at radius 3 is 2.45 bits per heavy atom. The van der Waals surface area contributed by atoms with Gasteiger partial charge in [0.15, 0.2) is 0 Å². The van der Waals surface area contributed by atoms with Gasteiger partial charge in [0.2, 0.25) is 5.91 Å². The van der Waals surface area contributed by atoms with Crippen LogP contribution in [0.5, 0.6) is 0 Å². The average molecular weight is 282 g/mol. The van der Waals surface area contributed by atoms with E-state index in [2.05, 4.69) is 5.32 Å². The lowest BCUT2D eigenvalue weighted by Crippen LogP contribution is -2.37. The van der Waals surface area contributed by atoms with Crippen LogP contribution < -0.4 is 10.6 Å². The van der Waals surface area contributed by atoms with Gasteiger partial charge in [0, 0.05) is 5.69 Å². The van der Waals surface area contributed by atoms with E-state index < -0.39 is 18.6 Å². The van der Waals surface area contributed by atoms with Crippen molar-refractivity contribution in [2.45, 2.75) is 6.18 Å². The van der Waals surface area contributed by atoms with Crippen LogP contribution in [0.1, 0.15) is 0 Å². The molecule has 0 aliphatic heterocycles. The molecule has 0 spiro atoms. The lowest BCUT2D eigenvalue weighted by molar-refractivity contribution is -0.137. The van der Waals surface area contributed by atoms with E-state index in [0.717, 1.165) is 10.8 Å². The molecule has 0 heterocycles. The van der Waals surface area contributed by atoms with Gasteiger partial charge < -0.3 is 10.6 Å². The molecule has 0 saturated heterocycles. The SMILES string of the molecule is O=C(CNc1ccc2ccccc2c1)NCC(F)(F)F. The maximum Gasteiger partial charge on any atom is 0.405 e. The highest BCUT2D eigenvalue weighted by Crippen LogP contribution is 2.18. The first-order chi connectivity index (χ1) is 9.44. The molecule has 106 valence electrons. The molecule has 0 aliphatic carbocycles. The highest BCUT2D eigenvalue weighted by molar-refractivity contribution is 5.87. The summed E-state index contributed by atoms with van der Waals surface area (Å²) in [6.45, 7) is -1.51. The molecule has 3 nitrogen and oxygen atoms in total. The number of carbonyl (C=O) groups excluding carboxylic acids is 1. The summed E-state index contributed by atoms with van der Waals surface area (Å²) in [5, 5.41) is 6.65. The highest BCUT2D eigenvalue weighted by Gasteiger charge is 2.27. The van der Waals surface area contributed by atoms with Crippen LogP contribution in [0.15, 0.2) is 42.5 Å². The third kappa shape index (κ3) is 4.15. The van der Waals surface area contributed by atoms with Crippen molar-refractivity contribution in [3.63, 3.8) is 0 Å². The normalized spacial score (nSPS) is 11.3. The maximum atomic E-state index is 11.9. The molecule has 20 heavy (non-hydrogen) atoms. The van der Waals surface area contributed by atoms with Crippen molar-refractivity contribution in [3.8, 4) is 0 Å². The van der Waals surface area contributed by atoms with E-state index in [1.807, 2.05) is 36.4 Å². The van der Waals surface area contributed by atoms with Crippen molar-refractivity contribution < 1.29 is 18.0 Å². The molecular formula is C14H13F3N2O. The summed E-state index contributed by atoms with van der Waals surface area (Å²) < 4.78 is 35.8. The molecule has 0 unspecified atom stereocenters. The zero-order valence-corrected chi connectivity index (χ0v) is 10.5. The van der Waals surface area contributed by atoms with Crippen LogP contribution in [-0.4, -0.2) is 25.2 Å². The third-order valence-electron chi connectivity index (χ3n) is 2.69. The quantitative estimate of drug-likeness (QED) is 0.905. The second kappa shape index (κ2) is 5.81. The topological polar surface area (TPSA) is 41.1 Å². The number of benzene rings is 2. The van der Waals surface area contributed by atoms with Gasteiger partial charge in [0.1, 0.15) is 6.54 Å². The van der Waals surface area contributed by atoms with Crippen LogP contribution in [0.2, 0.25) is 0 Å². The van der Waals surface area contributed by atoms with Gasteiger partial charge in [-0.1, -0.05) is 30.3 Å². The molecule has 1 amide bonds. The van der Waals surface area contributed by atoms with Gasteiger partial charge in [-0.15, -0.1) is 0 Å². The number of nitrogens with one attached hydrogen (secondary N) is 2. The minimum Gasteiger partial charge on any atom is -0.376 e. The maximum absolute atomic E-state index is 11.9. The standard InChI is InChI=1S/C14H13F3N2O/c15-14(16,17)9-19-13(20)8-18-12-6-5-10-3-1-2-4-11(10)7-12/h1-7,18H,8-9H2,(H,19,20). The molecule has 6 heteroatoms. The molecule has 2 rings (SSSR count). The van der Waals surface area contributed by atoms with Crippen LogP contribution in [0.4, 0.5) is 18.9 Å². The van der Waals surface area contributed by atoms with E-state index in [1.54, 1.807) is 11.4 Å². The van der Waals surface area contributed by atoms with Gasteiger partial charge in [0.25, 0.3) is 0 Å². The molecule has 0 aromatic heterocycles. The first-order valence-corrected chi connectivity index (χ1v) is 6.00. The Kier molecular flexibility index (Phi) is 4.12. The number of halogens is 3. The Morgan fingerprint density at radius 2 is 1.75 bits per heavy atom. The number of rotatable bonds is 4. The van der Waals surface area contributed by atoms with Crippen LogP contribution in [0.3, 0.4) is 0 Å². The second-order valence-corrected chi connectivity index (χ2v) is 4.31. The number of hydrogen-bond acceptors (Lipinski definition) is 2. The Hall–Kier alpha value is -2.24. The van der Waals surface area contributed by atoms with Gasteiger partial charge in [-0.3, -0.25) is 4.79 Å². The van der Waals surface area contributed by atoms with Gasteiger partial charge in [0.05, 0.1) is 6.54 Å². The molecule has 0 saturated carbocycles. The van der Waals surface area contributed by atoms with E-state index in [9.17, 15) is 18.0 Å². The molecule has 0 fully saturated rings. The molecule has 0 bridgehead atoms. The van der Waals surface area contributed by atoms with Crippen LogP contribution >= 0.6 is 0 Å². The van der Waals surface area contributed by atoms with E-state index in [4.69, 9.17) is 0 Å². The Bertz CT molecular complexity index is 611. The fourth-order valence-electron chi connectivity index (χ4n) is 1.74. The summed E-state index contributed by atoms with van der Waals surface area (Å²) in [5.41, 5.74) is 0.686. The highest BCUT2D eigenvalue weighted by atomic mass is 19.4. The number of fused-ring (bicyclic) bond motifs is 1. The predicted molar refractivity (Wildman–Crippen MR) is 71.5 cm³/mol. The van der Waals surface area contributed by atoms with Crippen molar-refractivity contribution >= 4 is 22.4 Å². The van der Waals surface area contributed by atoms with E-state index in [-0.39, 0.29) is 6.54 Å². The smallest absolute Gasteiger partial charge is 0.376 e. The van der Waals surface area contributed by atoms with Crippen LogP contribution in [0.25, 0.3) is 10.8 Å². The first kappa shape index (κ1) is 14.2. The number of hydrogen-bond donors (Lipinski definition) is 2. The molecular weight excluding hydrogens is 269 g/mol. The Morgan fingerprint density at radius 1 is 1.05 bits per heavy atom. The largest absolute Gasteiger partial charge is 0.405 e. The fourth-order valence-corrected chi connectivity index (χ4v) is 1.74. The number of amides is 1. The van der Waals surface area contributed by atoms with Gasteiger partial charge in [-0.25, -0.2) is 0 Å². The van der Waals surface area contributed by atoms with Crippen molar-refractivity contribution in [2.75, 3.05) is 18.4 Å². The molecule has 0 aliphatic rings. The molecule has 0 radical (unpaired) electrons. The summed E-state index contributed by atoms with van der Waals surface area (Å²) in [6.07, 6.45) is -4.39. The summed E-state index contributed by atoms with van der Waals surface area (Å²) in [5.74, 6) is -0.699. The second-order valence-electron chi connectivity index (χ2n) is 4.31. The van der Waals surface area contributed by atoms with Crippen LogP contribution in [0, 0.1) is 0 Å². The van der Waals surface area contributed by atoms with Crippen molar-refractivity contribution in [2.24, 2.45) is 0 Å². The molecule has 2 aromatic rings. The van der Waals surface area contributed by atoms with E-state index >= 15 is 0 Å².